The van der Waals surface area contributed by atoms with Gasteiger partial charge in [-0.2, -0.15) is 4.31 Å². The molecule has 1 aliphatic rings. The van der Waals surface area contributed by atoms with Crippen molar-refractivity contribution in [2.45, 2.75) is 24.6 Å². The van der Waals surface area contributed by atoms with E-state index in [2.05, 4.69) is 0 Å². The molecule has 19 heavy (non-hydrogen) atoms. The summed E-state index contributed by atoms with van der Waals surface area (Å²) in [6, 6.07) is 7.27. The molecule has 2 rings (SSSR count). The highest BCUT2D eigenvalue weighted by molar-refractivity contribution is 7.88. The number of sulfonamides is 1. The third-order valence-electron chi connectivity index (χ3n) is 3.19. The number of halogens is 1. The Morgan fingerprint density at radius 2 is 1.95 bits per heavy atom. The summed E-state index contributed by atoms with van der Waals surface area (Å²) >= 11 is 5.71. The van der Waals surface area contributed by atoms with Crippen LogP contribution in [0.25, 0.3) is 0 Å². The molecule has 106 valence electrons. The first-order valence-corrected chi connectivity index (χ1v) is 8.38. The monoisotopic (exact) mass is 303 g/mol. The van der Waals surface area contributed by atoms with E-state index in [1.165, 1.54) is 4.31 Å². The van der Waals surface area contributed by atoms with Crippen LogP contribution in [0.4, 0.5) is 0 Å². The third kappa shape index (κ3) is 3.69. The van der Waals surface area contributed by atoms with E-state index in [1.807, 2.05) is 31.2 Å². The largest absolute Gasteiger partial charge is 0.378 e. The Morgan fingerprint density at radius 3 is 2.53 bits per heavy atom. The molecule has 1 saturated heterocycles. The number of nitrogens with zero attached hydrogens (tertiary/aromatic N) is 1. The highest BCUT2D eigenvalue weighted by Crippen LogP contribution is 2.17. The van der Waals surface area contributed by atoms with Crippen LogP contribution in [-0.4, -0.2) is 38.5 Å². The molecule has 0 aliphatic carbocycles. The minimum atomic E-state index is -3.28. The van der Waals surface area contributed by atoms with E-state index >= 15 is 0 Å². The van der Waals surface area contributed by atoms with E-state index in [4.69, 9.17) is 16.3 Å². The van der Waals surface area contributed by atoms with E-state index in [-0.39, 0.29) is 11.8 Å². The molecule has 0 bridgehead atoms. The molecule has 0 amide bonds. The summed E-state index contributed by atoms with van der Waals surface area (Å²) in [5.41, 5.74) is 1.77. The lowest BCUT2D eigenvalue weighted by molar-refractivity contribution is 0.0392. The summed E-state index contributed by atoms with van der Waals surface area (Å²) < 4.78 is 31.5. The van der Waals surface area contributed by atoms with Gasteiger partial charge in [0.05, 0.1) is 19.0 Å². The fraction of sp³-hybridized carbons (Fsp3) is 0.538. The van der Waals surface area contributed by atoms with Gasteiger partial charge in [-0.1, -0.05) is 24.3 Å². The molecule has 4 nitrogen and oxygen atoms in total. The first-order chi connectivity index (χ1) is 9.03. The van der Waals surface area contributed by atoms with Crippen molar-refractivity contribution in [1.82, 2.24) is 4.31 Å². The molecule has 0 radical (unpaired) electrons. The lowest BCUT2D eigenvalue weighted by atomic mass is 10.2. The average molecular weight is 304 g/mol. The van der Waals surface area contributed by atoms with E-state index < -0.39 is 10.0 Å². The van der Waals surface area contributed by atoms with Gasteiger partial charge in [-0.3, -0.25) is 0 Å². The van der Waals surface area contributed by atoms with Gasteiger partial charge in [0.15, 0.2) is 0 Å². The Labute approximate surface area is 119 Å². The topological polar surface area (TPSA) is 46.6 Å². The lowest BCUT2D eigenvalue weighted by Gasteiger charge is -2.32. The Kier molecular flexibility index (Phi) is 4.84. The quantitative estimate of drug-likeness (QED) is 0.799. The Morgan fingerprint density at radius 1 is 1.32 bits per heavy atom. The molecule has 1 aliphatic heterocycles. The van der Waals surface area contributed by atoms with Gasteiger partial charge in [0.2, 0.25) is 10.0 Å². The second-order valence-electron chi connectivity index (χ2n) is 4.74. The van der Waals surface area contributed by atoms with Crippen molar-refractivity contribution in [3.8, 4) is 0 Å². The van der Waals surface area contributed by atoms with Crippen LogP contribution in [0.1, 0.15) is 18.1 Å². The molecule has 1 aromatic carbocycles. The number of benzene rings is 1. The van der Waals surface area contributed by atoms with Crippen molar-refractivity contribution < 1.29 is 13.2 Å². The molecule has 1 aromatic rings. The van der Waals surface area contributed by atoms with E-state index in [9.17, 15) is 8.42 Å². The van der Waals surface area contributed by atoms with Gasteiger partial charge in [-0.15, -0.1) is 11.6 Å². The number of hydrogen-bond acceptors (Lipinski definition) is 3. The van der Waals surface area contributed by atoms with Gasteiger partial charge in [0, 0.05) is 18.5 Å². The van der Waals surface area contributed by atoms with Crippen LogP contribution in [0.2, 0.25) is 0 Å². The van der Waals surface area contributed by atoms with E-state index in [0.717, 1.165) is 11.1 Å². The zero-order valence-corrected chi connectivity index (χ0v) is 12.5. The fourth-order valence-corrected chi connectivity index (χ4v) is 4.06. The maximum absolute atomic E-state index is 12.4. The molecule has 0 saturated carbocycles. The zero-order valence-electron chi connectivity index (χ0n) is 10.9. The number of hydrogen-bond donors (Lipinski definition) is 0. The maximum atomic E-state index is 12.4. The molecule has 1 heterocycles. The molecule has 1 unspecified atom stereocenters. The van der Waals surface area contributed by atoms with Gasteiger partial charge in [0.25, 0.3) is 0 Å². The SMILES string of the molecule is CC1COCCN1S(=O)(=O)Cc1ccc(CCl)cc1. The number of morpholine rings is 1. The van der Waals surface area contributed by atoms with Gasteiger partial charge < -0.3 is 4.74 Å². The molecular formula is C13H18ClNO3S. The summed E-state index contributed by atoms with van der Waals surface area (Å²) in [6.07, 6.45) is 0. The van der Waals surface area contributed by atoms with Crippen LogP contribution in [0, 0.1) is 0 Å². The highest BCUT2D eigenvalue weighted by atomic mass is 35.5. The van der Waals surface area contributed by atoms with Crippen molar-refractivity contribution in [3.05, 3.63) is 35.4 Å². The van der Waals surface area contributed by atoms with Crippen molar-refractivity contribution in [1.29, 1.82) is 0 Å². The molecule has 0 spiro atoms. The second kappa shape index (κ2) is 6.22. The smallest absolute Gasteiger partial charge is 0.218 e. The summed E-state index contributed by atoms with van der Waals surface area (Å²) in [6.45, 7) is 3.23. The molecular weight excluding hydrogens is 286 g/mol. The van der Waals surface area contributed by atoms with E-state index in [0.29, 0.717) is 25.6 Å². The van der Waals surface area contributed by atoms with Gasteiger partial charge in [-0.05, 0) is 18.1 Å². The van der Waals surface area contributed by atoms with Crippen LogP contribution in [0.15, 0.2) is 24.3 Å². The van der Waals surface area contributed by atoms with Crippen molar-refractivity contribution in [2.75, 3.05) is 19.8 Å². The third-order valence-corrected chi connectivity index (χ3v) is 5.45. The van der Waals surface area contributed by atoms with E-state index in [1.54, 1.807) is 0 Å². The Hall–Kier alpha value is -0.620. The summed E-state index contributed by atoms with van der Waals surface area (Å²) in [5, 5.41) is 0. The highest BCUT2D eigenvalue weighted by Gasteiger charge is 2.29. The second-order valence-corrected chi connectivity index (χ2v) is 6.93. The fourth-order valence-electron chi connectivity index (χ4n) is 2.14. The van der Waals surface area contributed by atoms with Gasteiger partial charge in [0.1, 0.15) is 0 Å². The molecule has 0 N–H and O–H groups in total. The first-order valence-electron chi connectivity index (χ1n) is 6.24. The molecule has 1 fully saturated rings. The van der Waals surface area contributed by atoms with Crippen LogP contribution >= 0.6 is 11.6 Å². The lowest BCUT2D eigenvalue weighted by Crippen LogP contribution is -2.47. The maximum Gasteiger partial charge on any atom is 0.218 e. The standard InChI is InChI=1S/C13H18ClNO3S/c1-11-9-18-7-6-15(11)19(16,17)10-13-4-2-12(8-14)3-5-13/h2-5,11H,6-10H2,1H3. The number of rotatable bonds is 4. The first kappa shape index (κ1) is 14.8. The van der Waals surface area contributed by atoms with Gasteiger partial charge in [-0.25, -0.2) is 8.42 Å². The normalized spacial score (nSPS) is 21.5. The van der Waals surface area contributed by atoms with Crippen molar-refractivity contribution in [2.24, 2.45) is 0 Å². The Bertz CT molecular complexity index is 515. The minimum Gasteiger partial charge on any atom is -0.378 e. The van der Waals surface area contributed by atoms with Gasteiger partial charge >= 0.3 is 0 Å². The predicted octanol–water partition coefficient (Wildman–Crippen LogP) is 1.98. The summed E-state index contributed by atoms with van der Waals surface area (Å²) in [5.74, 6) is 0.466. The predicted molar refractivity (Wildman–Crippen MR) is 75.6 cm³/mol. The van der Waals surface area contributed by atoms with Crippen molar-refractivity contribution in [3.63, 3.8) is 0 Å². The Balaban J connectivity index is 2.11. The summed E-state index contributed by atoms with van der Waals surface area (Å²) in [4.78, 5) is 0. The summed E-state index contributed by atoms with van der Waals surface area (Å²) in [7, 11) is -3.28. The van der Waals surface area contributed by atoms with Crippen LogP contribution in [-0.2, 0) is 26.4 Å². The van der Waals surface area contributed by atoms with Crippen molar-refractivity contribution >= 4 is 21.6 Å². The molecule has 1 atom stereocenters. The van der Waals surface area contributed by atoms with Crippen LogP contribution in [0.5, 0.6) is 0 Å². The van der Waals surface area contributed by atoms with Crippen LogP contribution in [0.3, 0.4) is 0 Å². The zero-order chi connectivity index (χ0) is 13.9. The number of ether oxygens (including phenoxy) is 1. The van der Waals surface area contributed by atoms with Crippen LogP contribution < -0.4 is 0 Å². The molecule has 6 heteroatoms. The minimum absolute atomic E-state index is 0.0277. The average Bonchev–Trinajstić information content (AvgIpc) is 2.39. The molecule has 0 aromatic heterocycles. The number of alkyl halides is 1.